The molecule has 1 aliphatic heterocycles. The molecule has 1 fully saturated rings. The Labute approximate surface area is 213 Å². The van der Waals surface area contributed by atoms with Crippen LogP contribution in [0.15, 0.2) is 76.6 Å². The maximum atomic E-state index is 13.5. The number of nitrogens with zero attached hydrogens (tertiary/aromatic N) is 2. The molecule has 0 aromatic heterocycles. The van der Waals surface area contributed by atoms with Gasteiger partial charge in [0.25, 0.3) is 5.91 Å². The van der Waals surface area contributed by atoms with Gasteiger partial charge in [-0.25, -0.2) is 4.99 Å². The van der Waals surface area contributed by atoms with Gasteiger partial charge in [0.1, 0.15) is 0 Å². The van der Waals surface area contributed by atoms with Gasteiger partial charge in [0.15, 0.2) is 16.7 Å². The van der Waals surface area contributed by atoms with Crippen LogP contribution in [0.3, 0.4) is 0 Å². The van der Waals surface area contributed by atoms with E-state index in [9.17, 15) is 4.79 Å². The predicted molar refractivity (Wildman–Crippen MR) is 142 cm³/mol. The number of benzene rings is 3. The van der Waals surface area contributed by atoms with Gasteiger partial charge in [-0.3, -0.25) is 9.69 Å². The lowest BCUT2D eigenvalue weighted by Gasteiger charge is -2.15. The summed E-state index contributed by atoms with van der Waals surface area (Å²) in [5.41, 5.74) is 2.20. The van der Waals surface area contributed by atoms with Gasteiger partial charge in [0.2, 0.25) is 0 Å². The van der Waals surface area contributed by atoms with E-state index in [1.54, 1.807) is 41.3 Å². The molecule has 3 aromatic carbocycles. The minimum atomic E-state index is -0.174. The quantitative estimate of drug-likeness (QED) is 0.305. The first kappa shape index (κ1) is 24.2. The summed E-state index contributed by atoms with van der Waals surface area (Å²) in [5.74, 6) is 1.13. The fourth-order valence-corrected chi connectivity index (χ4v) is 4.55. The van der Waals surface area contributed by atoms with Gasteiger partial charge in [0.05, 0.1) is 29.5 Å². The van der Waals surface area contributed by atoms with Crippen LogP contribution in [0.1, 0.15) is 19.4 Å². The fraction of sp³-hybridized carbons (Fsp3) is 0.154. The molecule has 34 heavy (non-hydrogen) atoms. The standard InChI is InChI=1S/C26H22Cl2N2O3S/c1-3-32-22-14-5-17(15-23(22)33-4-2)16-24-25(31)30(21-12-8-19(28)9-13-21)26(34-24)29-20-10-6-18(27)7-11-20/h5-16H,3-4H2,1-2H3/b24-16-,29-26?. The topological polar surface area (TPSA) is 51.1 Å². The van der Waals surface area contributed by atoms with Crippen molar-refractivity contribution in [2.75, 3.05) is 18.1 Å². The number of amides is 1. The normalized spacial score (nSPS) is 15.9. The lowest BCUT2D eigenvalue weighted by Crippen LogP contribution is -2.28. The van der Waals surface area contributed by atoms with Gasteiger partial charge in [-0.1, -0.05) is 29.3 Å². The third kappa shape index (κ3) is 5.58. The number of ether oxygens (including phenoxy) is 2. The summed E-state index contributed by atoms with van der Waals surface area (Å²) in [6, 6.07) is 19.9. The second-order valence-corrected chi connectivity index (χ2v) is 9.05. The summed E-state index contributed by atoms with van der Waals surface area (Å²) in [5, 5.41) is 1.75. The van der Waals surface area contributed by atoms with Crippen molar-refractivity contribution < 1.29 is 14.3 Å². The largest absolute Gasteiger partial charge is 0.490 e. The molecular formula is C26H22Cl2N2O3S. The highest BCUT2D eigenvalue weighted by Gasteiger charge is 2.34. The molecule has 0 N–H and O–H groups in total. The summed E-state index contributed by atoms with van der Waals surface area (Å²) in [7, 11) is 0. The molecule has 0 unspecified atom stereocenters. The molecule has 0 radical (unpaired) electrons. The summed E-state index contributed by atoms with van der Waals surface area (Å²) in [6.07, 6.45) is 1.83. The second kappa shape index (κ2) is 11.0. The van der Waals surface area contributed by atoms with E-state index in [0.717, 1.165) is 5.56 Å². The monoisotopic (exact) mass is 512 g/mol. The first-order valence-corrected chi connectivity index (χ1v) is 12.3. The Bertz CT molecular complexity index is 1240. The Morgan fingerprint density at radius 3 is 2.15 bits per heavy atom. The van der Waals surface area contributed by atoms with Crippen LogP contribution in [-0.4, -0.2) is 24.3 Å². The predicted octanol–water partition coefficient (Wildman–Crippen LogP) is 7.60. The Kier molecular flexibility index (Phi) is 7.83. The zero-order valence-electron chi connectivity index (χ0n) is 18.6. The van der Waals surface area contributed by atoms with Crippen LogP contribution in [0.2, 0.25) is 10.0 Å². The Balaban J connectivity index is 1.73. The molecule has 0 aliphatic carbocycles. The number of halogens is 2. The van der Waals surface area contributed by atoms with E-state index < -0.39 is 0 Å². The van der Waals surface area contributed by atoms with Gasteiger partial charge in [-0.05, 0) is 97.9 Å². The molecule has 1 amide bonds. The molecule has 174 valence electrons. The number of hydrogen-bond donors (Lipinski definition) is 0. The van der Waals surface area contributed by atoms with Gasteiger partial charge >= 0.3 is 0 Å². The average Bonchev–Trinajstić information content (AvgIpc) is 3.12. The zero-order valence-corrected chi connectivity index (χ0v) is 21.0. The number of anilines is 1. The van der Waals surface area contributed by atoms with Crippen LogP contribution in [0, 0.1) is 0 Å². The summed E-state index contributed by atoms with van der Waals surface area (Å²) >= 11 is 13.4. The highest BCUT2D eigenvalue weighted by molar-refractivity contribution is 8.19. The molecule has 0 bridgehead atoms. The molecule has 1 heterocycles. The van der Waals surface area contributed by atoms with Crippen molar-refractivity contribution in [3.8, 4) is 11.5 Å². The third-order valence-corrected chi connectivity index (χ3v) is 6.28. The number of rotatable bonds is 7. The van der Waals surface area contributed by atoms with Crippen LogP contribution in [0.25, 0.3) is 6.08 Å². The number of carbonyl (C=O) groups excluding carboxylic acids is 1. The highest BCUT2D eigenvalue weighted by atomic mass is 35.5. The molecule has 1 saturated heterocycles. The number of thioether (sulfide) groups is 1. The number of aliphatic imine (C=N–C) groups is 1. The Morgan fingerprint density at radius 2 is 1.50 bits per heavy atom. The molecule has 8 heteroatoms. The van der Waals surface area contributed by atoms with Crippen LogP contribution in [0.5, 0.6) is 11.5 Å². The van der Waals surface area contributed by atoms with E-state index in [0.29, 0.717) is 56.2 Å². The maximum Gasteiger partial charge on any atom is 0.271 e. The summed E-state index contributed by atoms with van der Waals surface area (Å²) < 4.78 is 11.4. The molecular weight excluding hydrogens is 491 g/mol. The third-order valence-electron chi connectivity index (χ3n) is 4.81. The van der Waals surface area contributed by atoms with Crippen LogP contribution in [0.4, 0.5) is 11.4 Å². The van der Waals surface area contributed by atoms with Gasteiger partial charge in [-0.2, -0.15) is 0 Å². The van der Waals surface area contributed by atoms with Crippen LogP contribution < -0.4 is 14.4 Å². The summed E-state index contributed by atoms with van der Waals surface area (Å²) in [4.78, 5) is 20.3. The van der Waals surface area contributed by atoms with Gasteiger partial charge in [0, 0.05) is 10.0 Å². The molecule has 0 saturated carbocycles. The van der Waals surface area contributed by atoms with Gasteiger partial charge in [-0.15, -0.1) is 0 Å². The molecule has 5 nitrogen and oxygen atoms in total. The summed E-state index contributed by atoms with van der Waals surface area (Å²) in [6.45, 7) is 4.89. The minimum absolute atomic E-state index is 0.174. The lowest BCUT2D eigenvalue weighted by molar-refractivity contribution is -0.113. The van der Waals surface area contributed by atoms with E-state index in [4.69, 9.17) is 37.7 Å². The van der Waals surface area contributed by atoms with Crippen LogP contribution >= 0.6 is 35.0 Å². The molecule has 3 aromatic rings. The Morgan fingerprint density at radius 1 is 0.882 bits per heavy atom. The van der Waals surface area contributed by atoms with Crippen molar-refractivity contribution in [1.29, 1.82) is 0 Å². The molecule has 0 atom stereocenters. The SMILES string of the molecule is CCOc1ccc(/C=C2\SC(=Nc3ccc(Cl)cc3)N(c3ccc(Cl)cc3)C2=O)cc1OCC. The van der Waals surface area contributed by atoms with Crippen LogP contribution in [-0.2, 0) is 4.79 Å². The maximum absolute atomic E-state index is 13.5. The minimum Gasteiger partial charge on any atom is -0.490 e. The lowest BCUT2D eigenvalue weighted by atomic mass is 10.1. The first-order chi connectivity index (χ1) is 16.5. The second-order valence-electron chi connectivity index (χ2n) is 7.17. The first-order valence-electron chi connectivity index (χ1n) is 10.7. The van der Waals surface area contributed by atoms with E-state index in [1.807, 2.05) is 50.3 Å². The number of carbonyl (C=O) groups is 1. The number of hydrogen-bond acceptors (Lipinski definition) is 5. The Hall–Kier alpha value is -2.93. The van der Waals surface area contributed by atoms with Gasteiger partial charge < -0.3 is 9.47 Å². The molecule has 4 rings (SSSR count). The molecule has 0 spiro atoms. The van der Waals surface area contributed by atoms with E-state index in [1.165, 1.54) is 11.8 Å². The number of amidine groups is 1. The highest BCUT2D eigenvalue weighted by Crippen LogP contribution is 2.38. The van der Waals surface area contributed by atoms with Crippen molar-refractivity contribution in [1.82, 2.24) is 0 Å². The van der Waals surface area contributed by atoms with Crippen molar-refractivity contribution in [3.05, 3.63) is 87.2 Å². The van der Waals surface area contributed by atoms with Crippen molar-refractivity contribution in [2.24, 2.45) is 4.99 Å². The smallest absolute Gasteiger partial charge is 0.271 e. The van der Waals surface area contributed by atoms with Crippen molar-refractivity contribution >= 4 is 63.5 Å². The van der Waals surface area contributed by atoms with E-state index >= 15 is 0 Å². The van der Waals surface area contributed by atoms with Crippen molar-refractivity contribution in [2.45, 2.75) is 13.8 Å². The average molecular weight is 513 g/mol. The fourth-order valence-electron chi connectivity index (χ4n) is 3.30. The van der Waals surface area contributed by atoms with E-state index in [-0.39, 0.29) is 5.91 Å². The zero-order chi connectivity index (χ0) is 24.1. The molecule has 1 aliphatic rings. The van der Waals surface area contributed by atoms with E-state index in [2.05, 4.69) is 0 Å². The van der Waals surface area contributed by atoms with Crippen molar-refractivity contribution in [3.63, 3.8) is 0 Å².